The molecule has 3 atom stereocenters. The van der Waals surface area contributed by atoms with Crippen molar-refractivity contribution in [1.82, 2.24) is 5.01 Å². The van der Waals surface area contributed by atoms with E-state index in [1.165, 1.54) is 18.6 Å². The Balaban J connectivity index is 1.78. The Hall–Kier alpha value is -1.71. The minimum absolute atomic E-state index is 0.0627. The zero-order valence-electron chi connectivity index (χ0n) is 11.6. The molecule has 0 radical (unpaired) electrons. The predicted octanol–water partition coefficient (Wildman–Crippen LogP) is 3.43. The number of amidine groups is 1. The van der Waals surface area contributed by atoms with Gasteiger partial charge in [-0.15, -0.1) is 0 Å². The smallest absolute Gasteiger partial charge is 0.129 e. The number of fused-ring (bicyclic) bond motifs is 1. The Morgan fingerprint density at radius 1 is 1.35 bits per heavy atom. The maximum absolute atomic E-state index is 13.6. The Bertz CT molecular complexity index is 704. The maximum atomic E-state index is 13.6. The third kappa shape index (κ3) is 1.05. The van der Waals surface area contributed by atoms with Gasteiger partial charge in [-0.1, -0.05) is 13.0 Å². The molecule has 0 bridgehead atoms. The highest BCUT2D eigenvalue weighted by Crippen LogP contribution is 2.69. The van der Waals surface area contributed by atoms with Crippen molar-refractivity contribution in [2.24, 2.45) is 27.8 Å². The standard InChI is InChI=1S/C16H16FN3/c1-8-14-9(2)19-20-15(10-3-4-10)18-13-7-11(17)5-6-12(13)16(8,14)20/h5-8,10,14H,3-4H2,1-2H3. The molecule has 2 aliphatic carbocycles. The summed E-state index contributed by atoms with van der Waals surface area (Å²) < 4.78 is 13.6. The number of hydrazone groups is 1. The summed E-state index contributed by atoms with van der Waals surface area (Å²) in [6.07, 6.45) is 2.37. The maximum Gasteiger partial charge on any atom is 0.129 e. The first kappa shape index (κ1) is 11.0. The largest absolute Gasteiger partial charge is 0.240 e. The van der Waals surface area contributed by atoms with E-state index >= 15 is 0 Å². The van der Waals surface area contributed by atoms with Crippen molar-refractivity contribution >= 4 is 17.2 Å². The summed E-state index contributed by atoms with van der Waals surface area (Å²) >= 11 is 0. The monoisotopic (exact) mass is 269 g/mol. The minimum atomic E-state index is -0.201. The molecule has 2 heterocycles. The first-order valence-corrected chi connectivity index (χ1v) is 7.38. The summed E-state index contributed by atoms with van der Waals surface area (Å²) in [4.78, 5) is 4.75. The second kappa shape index (κ2) is 3.13. The number of benzene rings is 1. The molecule has 0 N–H and O–H groups in total. The molecule has 4 aliphatic rings. The van der Waals surface area contributed by atoms with Crippen LogP contribution in [0, 0.1) is 23.6 Å². The number of rotatable bonds is 1. The second-order valence-corrected chi connectivity index (χ2v) is 6.55. The lowest BCUT2D eigenvalue weighted by Gasteiger charge is -2.34. The van der Waals surface area contributed by atoms with E-state index in [-0.39, 0.29) is 11.4 Å². The van der Waals surface area contributed by atoms with Crippen molar-refractivity contribution in [1.29, 1.82) is 0 Å². The van der Waals surface area contributed by atoms with Gasteiger partial charge in [0.15, 0.2) is 0 Å². The van der Waals surface area contributed by atoms with E-state index in [1.54, 1.807) is 12.1 Å². The van der Waals surface area contributed by atoms with E-state index in [0.29, 0.717) is 17.8 Å². The molecule has 20 heavy (non-hydrogen) atoms. The lowest BCUT2D eigenvalue weighted by atomic mass is 9.95. The van der Waals surface area contributed by atoms with Gasteiger partial charge in [-0.05, 0) is 37.8 Å². The molecule has 2 saturated carbocycles. The SMILES string of the molecule is CC1=NN2C(C3CC3)=Nc3cc(F)ccc3C23C(C)C13. The number of aliphatic imine (C=N–C) groups is 1. The fraction of sp³-hybridized carbons (Fsp3) is 0.500. The third-order valence-electron chi connectivity index (χ3n) is 5.40. The van der Waals surface area contributed by atoms with Gasteiger partial charge in [-0.3, -0.25) is 0 Å². The van der Waals surface area contributed by atoms with Gasteiger partial charge in [0.2, 0.25) is 0 Å². The number of hydrogen-bond acceptors (Lipinski definition) is 3. The average Bonchev–Trinajstić information content (AvgIpc) is 3.29. The zero-order valence-corrected chi connectivity index (χ0v) is 11.6. The molecule has 1 aromatic rings. The van der Waals surface area contributed by atoms with E-state index in [4.69, 9.17) is 10.1 Å². The van der Waals surface area contributed by atoms with Crippen LogP contribution in [0.15, 0.2) is 28.3 Å². The van der Waals surface area contributed by atoms with Gasteiger partial charge in [-0.2, -0.15) is 5.10 Å². The van der Waals surface area contributed by atoms with Crippen LogP contribution in [0.1, 0.15) is 32.3 Å². The van der Waals surface area contributed by atoms with E-state index in [9.17, 15) is 4.39 Å². The molecule has 0 amide bonds. The molecule has 1 aromatic carbocycles. The molecule has 0 aromatic heterocycles. The van der Waals surface area contributed by atoms with Gasteiger partial charge in [0.25, 0.3) is 0 Å². The highest BCUT2D eigenvalue weighted by Gasteiger charge is 2.74. The van der Waals surface area contributed by atoms with Gasteiger partial charge in [0.1, 0.15) is 17.2 Å². The van der Waals surface area contributed by atoms with Gasteiger partial charge in [-0.25, -0.2) is 14.4 Å². The van der Waals surface area contributed by atoms with Crippen LogP contribution >= 0.6 is 0 Å². The van der Waals surface area contributed by atoms with E-state index < -0.39 is 0 Å². The van der Waals surface area contributed by atoms with Gasteiger partial charge < -0.3 is 0 Å². The molecule has 2 fully saturated rings. The summed E-state index contributed by atoms with van der Waals surface area (Å²) in [5.41, 5.74) is 3.11. The Kier molecular flexibility index (Phi) is 1.72. The Morgan fingerprint density at radius 2 is 2.15 bits per heavy atom. The van der Waals surface area contributed by atoms with Gasteiger partial charge in [0, 0.05) is 23.1 Å². The van der Waals surface area contributed by atoms with Crippen LogP contribution in [0.3, 0.4) is 0 Å². The summed E-state index contributed by atoms with van der Waals surface area (Å²) in [7, 11) is 0. The van der Waals surface area contributed by atoms with Crippen LogP contribution in [0.2, 0.25) is 0 Å². The molecule has 3 unspecified atom stereocenters. The van der Waals surface area contributed by atoms with Crippen LogP contribution in [0.5, 0.6) is 0 Å². The fourth-order valence-electron chi connectivity index (χ4n) is 4.33. The molecule has 4 heteroatoms. The summed E-state index contributed by atoms with van der Waals surface area (Å²) in [6.45, 7) is 4.39. The van der Waals surface area contributed by atoms with Crippen LogP contribution in [-0.2, 0) is 5.54 Å². The molecule has 1 spiro atoms. The first-order valence-electron chi connectivity index (χ1n) is 7.38. The van der Waals surface area contributed by atoms with Crippen molar-refractivity contribution in [2.75, 3.05) is 0 Å². The molecule has 3 nitrogen and oxygen atoms in total. The number of halogens is 1. The Morgan fingerprint density at radius 3 is 2.85 bits per heavy atom. The average molecular weight is 269 g/mol. The van der Waals surface area contributed by atoms with E-state index in [2.05, 4.69) is 18.9 Å². The number of nitrogens with zero attached hydrogens (tertiary/aromatic N) is 3. The highest BCUT2D eigenvalue weighted by molar-refractivity contribution is 6.01. The topological polar surface area (TPSA) is 28.0 Å². The van der Waals surface area contributed by atoms with E-state index in [1.807, 2.05) is 6.07 Å². The highest BCUT2D eigenvalue weighted by atomic mass is 19.1. The van der Waals surface area contributed by atoms with Crippen molar-refractivity contribution in [3.63, 3.8) is 0 Å². The van der Waals surface area contributed by atoms with Crippen molar-refractivity contribution in [3.05, 3.63) is 29.6 Å². The molecule has 102 valence electrons. The normalized spacial score (nSPS) is 36.9. The molecule has 2 aliphatic heterocycles. The van der Waals surface area contributed by atoms with Crippen LogP contribution in [0.4, 0.5) is 10.1 Å². The third-order valence-corrected chi connectivity index (χ3v) is 5.40. The number of hydrogen-bond donors (Lipinski definition) is 0. The minimum Gasteiger partial charge on any atom is -0.240 e. The quantitative estimate of drug-likeness (QED) is 0.767. The molecule has 0 saturated heterocycles. The van der Waals surface area contributed by atoms with Crippen LogP contribution in [-0.4, -0.2) is 16.6 Å². The van der Waals surface area contributed by atoms with Crippen molar-refractivity contribution in [2.45, 2.75) is 32.2 Å². The fourth-order valence-corrected chi connectivity index (χ4v) is 4.33. The van der Waals surface area contributed by atoms with Crippen molar-refractivity contribution < 1.29 is 4.39 Å². The van der Waals surface area contributed by atoms with Gasteiger partial charge >= 0.3 is 0 Å². The van der Waals surface area contributed by atoms with Crippen molar-refractivity contribution in [3.8, 4) is 0 Å². The first-order chi connectivity index (χ1) is 9.64. The lowest BCUT2D eigenvalue weighted by Crippen LogP contribution is -2.40. The Labute approximate surface area is 117 Å². The van der Waals surface area contributed by atoms with Gasteiger partial charge in [0.05, 0.1) is 5.69 Å². The summed E-state index contributed by atoms with van der Waals surface area (Å²) in [5.74, 6) is 2.39. The molecular weight excluding hydrogens is 253 g/mol. The van der Waals surface area contributed by atoms with Crippen LogP contribution in [0.25, 0.3) is 0 Å². The van der Waals surface area contributed by atoms with E-state index in [0.717, 1.165) is 17.1 Å². The predicted molar refractivity (Wildman–Crippen MR) is 75.5 cm³/mol. The second-order valence-electron chi connectivity index (χ2n) is 6.55. The lowest BCUT2D eigenvalue weighted by molar-refractivity contribution is 0.284. The molecular formula is C16H16FN3. The van der Waals surface area contributed by atoms with Crippen LogP contribution < -0.4 is 0 Å². The molecule has 5 rings (SSSR count). The zero-order chi connectivity index (χ0) is 13.6. The summed E-state index contributed by atoms with van der Waals surface area (Å²) in [5, 5.41) is 6.95. The summed E-state index contributed by atoms with van der Waals surface area (Å²) in [6, 6.07) is 5.05.